The lowest BCUT2D eigenvalue weighted by Crippen LogP contribution is -2.11. The summed E-state index contributed by atoms with van der Waals surface area (Å²) >= 11 is 0. The van der Waals surface area contributed by atoms with Gasteiger partial charge in [0.05, 0.1) is 5.69 Å². The molecule has 0 saturated carbocycles. The molecule has 9 aromatic carbocycles. The van der Waals surface area contributed by atoms with Crippen molar-refractivity contribution in [1.29, 1.82) is 0 Å². The molecule has 248 valence electrons. The first-order valence-electron chi connectivity index (χ1n) is 18.0. The Kier molecular flexibility index (Phi) is 6.55. The molecule has 0 bridgehead atoms. The first-order chi connectivity index (χ1) is 26.2. The smallest absolute Gasteiger partial charge is 0.136 e. The lowest BCUT2D eigenvalue weighted by atomic mass is 9.94. The van der Waals surface area contributed by atoms with Crippen LogP contribution in [0.2, 0.25) is 0 Å². The molecule has 0 amide bonds. The Morgan fingerprint density at radius 3 is 1.70 bits per heavy atom. The van der Waals surface area contributed by atoms with Crippen LogP contribution in [0.5, 0.6) is 0 Å². The van der Waals surface area contributed by atoms with E-state index in [9.17, 15) is 0 Å². The Morgan fingerprint density at radius 1 is 0.302 bits per heavy atom. The molecule has 11 rings (SSSR count). The van der Waals surface area contributed by atoms with E-state index in [4.69, 9.17) is 8.83 Å². The number of nitrogens with zero attached hydrogens (tertiary/aromatic N) is 1. The number of para-hydroxylation sites is 3. The molecule has 2 heterocycles. The third kappa shape index (κ3) is 4.82. The van der Waals surface area contributed by atoms with Crippen molar-refractivity contribution in [2.24, 2.45) is 0 Å². The molecule has 2 aromatic heterocycles. The molecule has 3 heteroatoms. The van der Waals surface area contributed by atoms with E-state index in [1.165, 1.54) is 21.7 Å². The predicted octanol–water partition coefficient (Wildman–Crippen LogP) is 14.6. The van der Waals surface area contributed by atoms with Crippen LogP contribution in [0.4, 0.5) is 17.1 Å². The minimum absolute atomic E-state index is 0.886. The summed E-state index contributed by atoms with van der Waals surface area (Å²) in [5, 5.41) is 9.23. The van der Waals surface area contributed by atoms with Gasteiger partial charge in [-0.15, -0.1) is 0 Å². The number of hydrogen-bond acceptors (Lipinski definition) is 3. The van der Waals surface area contributed by atoms with Crippen molar-refractivity contribution in [3.63, 3.8) is 0 Å². The second-order valence-corrected chi connectivity index (χ2v) is 13.7. The number of benzene rings is 9. The fourth-order valence-electron chi connectivity index (χ4n) is 8.07. The van der Waals surface area contributed by atoms with Gasteiger partial charge in [-0.2, -0.15) is 0 Å². The summed E-state index contributed by atoms with van der Waals surface area (Å²) in [6.07, 6.45) is 0. The Balaban J connectivity index is 1.17. The fourth-order valence-corrected chi connectivity index (χ4v) is 8.07. The van der Waals surface area contributed by atoms with Gasteiger partial charge in [0.15, 0.2) is 0 Å². The van der Waals surface area contributed by atoms with Crippen molar-refractivity contribution in [3.05, 3.63) is 188 Å². The molecule has 0 N–H and O–H groups in total. The Morgan fingerprint density at radius 2 is 0.906 bits per heavy atom. The minimum Gasteiger partial charge on any atom is -0.456 e. The van der Waals surface area contributed by atoms with Gasteiger partial charge in [0.25, 0.3) is 0 Å². The van der Waals surface area contributed by atoms with Gasteiger partial charge in [-0.05, 0) is 111 Å². The van der Waals surface area contributed by atoms with Gasteiger partial charge in [0, 0.05) is 38.5 Å². The highest BCUT2D eigenvalue weighted by atomic mass is 16.3. The van der Waals surface area contributed by atoms with Crippen molar-refractivity contribution in [3.8, 4) is 22.3 Å². The van der Waals surface area contributed by atoms with E-state index in [0.717, 1.165) is 83.0 Å². The van der Waals surface area contributed by atoms with Gasteiger partial charge in [-0.25, -0.2) is 0 Å². The second-order valence-electron chi connectivity index (χ2n) is 13.7. The molecule has 0 spiro atoms. The van der Waals surface area contributed by atoms with E-state index < -0.39 is 0 Å². The third-order valence-corrected chi connectivity index (χ3v) is 10.6. The molecule has 11 aromatic rings. The van der Waals surface area contributed by atoms with Gasteiger partial charge < -0.3 is 13.7 Å². The number of anilines is 3. The van der Waals surface area contributed by atoms with Crippen LogP contribution in [0.1, 0.15) is 0 Å². The molecule has 0 aliphatic rings. The zero-order valence-electron chi connectivity index (χ0n) is 28.7. The average Bonchev–Trinajstić information content (AvgIpc) is 3.78. The molecular weight excluding hydrogens is 647 g/mol. The van der Waals surface area contributed by atoms with Gasteiger partial charge >= 0.3 is 0 Å². The van der Waals surface area contributed by atoms with Crippen LogP contribution < -0.4 is 4.90 Å². The summed E-state index contributed by atoms with van der Waals surface area (Å²) in [4.78, 5) is 2.39. The van der Waals surface area contributed by atoms with E-state index in [-0.39, 0.29) is 0 Å². The molecule has 0 aliphatic carbocycles. The Hall–Kier alpha value is -7.10. The van der Waals surface area contributed by atoms with Crippen LogP contribution in [0.3, 0.4) is 0 Å². The van der Waals surface area contributed by atoms with Crippen molar-refractivity contribution in [1.82, 2.24) is 0 Å². The normalized spacial score (nSPS) is 11.8. The van der Waals surface area contributed by atoms with E-state index in [1.807, 2.05) is 24.3 Å². The largest absolute Gasteiger partial charge is 0.456 e. The number of hydrogen-bond donors (Lipinski definition) is 0. The van der Waals surface area contributed by atoms with E-state index in [2.05, 4.69) is 169 Å². The van der Waals surface area contributed by atoms with Crippen molar-refractivity contribution in [2.45, 2.75) is 0 Å². The van der Waals surface area contributed by atoms with Gasteiger partial charge in [-0.1, -0.05) is 115 Å². The summed E-state index contributed by atoms with van der Waals surface area (Å²) in [5.74, 6) is 0. The van der Waals surface area contributed by atoms with Gasteiger partial charge in [-0.3, -0.25) is 0 Å². The minimum atomic E-state index is 0.886. The second kappa shape index (κ2) is 11.7. The number of furan rings is 2. The molecule has 0 unspecified atom stereocenters. The Labute approximate surface area is 305 Å². The van der Waals surface area contributed by atoms with E-state index in [1.54, 1.807) is 0 Å². The zero-order valence-corrected chi connectivity index (χ0v) is 28.7. The maximum Gasteiger partial charge on any atom is 0.136 e. The van der Waals surface area contributed by atoms with Crippen LogP contribution >= 0.6 is 0 Å². The van der Waals surface area contributed by atoms with Gasteiger partial charge in [0.2, 0.25) is 0 Å². The molecule has 0 radical (unpaired) electrons. The zero-order chi connectivity index (χ0) is 34.9. The van der Waals surface area contributed by atoms with Crippen LogP contribution in [-0.4, -0.2) is 0 Å². The number of rotatable bonds is 5. The van der Waals surface area contributed by atoms with Crippen molar-refractivity contribution in [2.75, 3.05) is 4.90 Å². The monoisotopic (exact) mass is 677 g/mol. The first-order valence-corrected chi connectivity index (χ1v) is 18.0. The lowest BCUT2D eigenvalue weighted by Gasteiger charge is -2.29. The van der Waals surface area contributed by atoms with Crippen molar-refractivity contribution < 1.29 is 8.83 Å². The highest BCUT2D eigenvalue weighted by Crippen LogP contribution is 2.45. The lowest BCUT2D eigenvalue weighted by molar-refractivity contribution is 0.669. The predicted molar refractivity (Wildman–Crippen MR) is 222 cm³/mol. The van der Waals surface area contributed by atoms with Crippen LogP contribution in [0.15, 0.2) is 197 Å². The highest BCUT2D eigenvalue weighted by molar-refractivity contribution is 6.17. The summed E-state index contributed by atoms with van der Waals surface area (Å²) in [5.41, 5.74) is 11.4. The maximum atomic E-state index is 6.28. The fraction of sp³-hybridized carbons (Fsp3) is 0. The third-order valence-electron chi connectivity index (χ3n) is 10.6. The molecule has 3 nitrogen and oxygen atoms in total. The summed E-state index contributed by atoms with van der Waals surface area (Å²) in [6.45, 7) is 0. The standard InChI is InChI=1S/C50H31NO2/c1-3-11-32(12-4-1)34-22-25-46(43(27-34)35-23-26-49-44(28-35)39-15-7-9-17-47(39)52-49)51(37-13-5-2-6-14-37)38-24-21-33-19-20-36-29-50-45(31-42(36)41(33)30-38)40-16-8-10-18-48(40)53-50/h1-31H. The molecule has 0 atom stereocenters. The number of fused-ring (bicyclic) bond motifs is 9. The van der Waals surface area contributed by atoms with Crippen molar-refractivity contribution >= 4 is 82.5 Å². The SMILES string of the molecule is c1ccc(-c2ccc(N(c3ccccc3)c3ccc4ccc5cc6oc7ccccc7c6cc5c4c3)c(-c3ccc4oc5ccccc5c4c3)c2)cc1. The molecular formula is C50H31NO2. The van der Waals surface area contributed by atoms with Gasteiger partial charge in [0.1, 0.15) is 22.3 Å². The van der Waals surface area contributed by atoms with Crippen LogP contribution in [0, 0.1) is 0 Å². The molecule has 53 heavy (non-hydrogen) atoms. The Bertz CT molecular complexity index is 3170. The van der Waals surface area contributed by atoms with E-state index in [0.29, 0.717) is 0 Å². The highest BCUT2D eigenvalue weighted by Gasteiger charge is 2.20. The quantitative estimate of drug-likeness (QED) is 0.170. The summed E-state index contributed by atoms with van der Waals surface area (Å²) in [7, 11) is 0. The average molecular weight is 678 g/mol. The first kappa shape index (κ1) is 29.6. The topological polar surface area (TPSA) is 29.5 Å². The maximum absolute atomic E-state index is 6.28. The van der Waals surface area contributed by atoms with Crippen LogP contribution in [0.25, 0.3) is 87.7 Å². The van der Waals surface area contributed by atoms with E-state index >= 15 is 0 Å². The molecule has 0 aliphatic heterocycles. The molecule has 0 fully saturated rings. The summed E-state index contributed by atoms with van der Waals surface area (Å²) < 4.78 is 12.5. The molecule has 0 saturated heterocycles. The summed E-state index contributed by atoms with van der Waals surface area (Å²) in [6, 6.07) is 67.1. The van der Waals surface area contributed by atoms with Crippen LogP contribution in [-0.2, 0) is 0 Å².